The van der Waals surface area contributed by atoms with Crippen molar-refractivity contribution in [1.29, 1.82) is 5.26 Å². The molecule has 0 amide bonds. The molecule has 0 aliphatic carbocycles. The minimum atomic E-state index is 0.414. The van der Waals surface area contributed by atoms with E-state index < -0.39 is 0 Å². The van der Waals surface area contributed by atoms with Gasteiger partial charge in [0.15, 0.2) is 5.69 Å². The highest BCUT2D eigenvalue weighted by molar-refractivity contribution is 6.06. The van der Waals surface area contributed by atoms with Gasteiger partial charge in [-0.3, -0.25) is 0 Å². The molecule has 0 fully saturated rings. The monoisotopic (exact) mass is 194 g/mol. The van der Waals surface area contributed by atoms with E-state index in [1.807, 2.05) is 24.3 Å². The first-order valence-electron chi connectivity index (χ1n) is 4.56. The van der Waals surface area contributed by atoms with Crippen LogP contribution in [0, 0.1) is 11.3 Å². The van der Waals surface area contributed by atoms with Crippen molar-refractivity contribution in [3.8, 4) is 6.07 Å². The fraction of sp³-hybridized carbons (Fsp3) is 0. The second kappa shape index (κ2) is 2.82. The third-order valence-electron chi connectivity index (χ3n) is 2.39. The predicted octanol–water partition coefficient (Wildman–Crippen LogP) is 2.85. The summed E-state index contributed by atoms with van der Waals surface area (Å²) in [6, 6.07) is 11.5. The minimum Gasteiger partial charge on any atom is -0.456 e. The predicted molar refractivity (Wildman–Crippen MR) is 56.2 cm³/mol. The number of furan rings is 1. The Labute approximate surface area is 85.6 Å². The topological polar surface area (TPSA) is 49.8 Å². The summed E-state index contributed by atoms with van der Waals surface area (Å²) in [5, 5.41) is 10.7. The maximum absolute atomic E-state index is 8.96. The van der Waals surface area contributed by atoms with Crippen LogP contribution in [0.25, 0.3) is 21.9 Å². The van der Waals surface area contributed by atoms with Gasteiger partial charge in [-0.1, -0.05) is 18.2 Å². The van der Waals surface area contributed by atoms with Crippen LogP contribution in [0.2, 0.25) is 0 Å². The molecule has 0 saturated heterocycles. The lowest BCUT2D eigenvalue weighted by Gasteiger charge is -1.90. The standard InChI is InChI=1S/C12H6N2O/c13-7-9-12-8-3-1-2-4-10(8)15-11(12)5-6-14-9/h1-6H. The number of benzene rings is 1. The molecule has 2 aromatic heterocycles. The van der Waals surface area contributed by atoms with Crippen molar-refractivity contribution in [2.45, 2.75) is 0 Å². The third kappa shape index (κ3) is 1.02. The molecular formula is C12H6N2O. The van der Waals surface area contributed by atoms with Gasteiger partial charge >= 0.3 is 0 Å². The Morgan fingerprint density at radius 3 is 2.87 bits per heavy atom. The summed E-state index contributed by atoms with van der Waals surface area (Å²) in [7, 11) is 0. The lowest BCUT2D eigenvalue weighted by molar-refractivity contribution is 0.668. The Hall–Kier alpha value is -2.34. The van der Waals surface area contributed by atoms with Crippen LogP contribution in [-0.4, -0.2) is 4.98 Å². The number of fused-ring (bicyclic) bond motifs is 3. The minimum absolute atomic E-state index is 0.414. The first kappa shape index (κ1) is 8.01. The van der Waals surface area contributed by atoms with Gasteiger partial charge in [0, 0.05) is 11.6 Å². The molecule has 0 atom stereocenters. The van der Waals surface area contributed by atoms with Gasteiger partial charge < -0.3 is 4.42 Å². The number of hydrogen-bond acceptors (Lipinski definition) is 3. The first-order chi connectivity index (χ1) is 7.40. The van der Waals surface area contributed by atoms with E-state index >= 15 is 0 Å². The van der Waals surface area contributed by atoms with Crippen molar-refractivity contribution in [1.82, 2.24) is 4.98 Å². The quantitative estimate of drug-likeness (QED) is 0.552. The number of rotatable bonds is 0. The second-order valence-electron chi connectivity index (χ2n) is 3.24. The summed E-state index contributed by atoms with van der Waals surface area (Å²) in [4.78, 5) is 4.03. The molecule has 0 bridgehead atoms. The molecule has 0 N–H and O–H groups in total. The smallest absolute Gasteiger partial charge is 0.152 e. The molecular weight excluding hydrogens is 188 g/mol. The molecule has 3 heteroatoms. The molecule has 1 aromatic carbocycles. The summed E-state index contributed by atoms with van der Waals surface area (Å²) in [6.07, 6.45) is 1.59. The van der Waals surface area contributed by atoms with Crippen LogP contribution in [0.3, 0.4) is 0 Å². The highest BCUT2D eigenvalue weighted by Gasteiger charge is 2.10. The van der Waals surface area contributed by atoms with Crippen molar-refractivity contribution in [2.24, 2.45) is 0 Å². The molecule has 0 saturated carbocycles. The van der Waals surface area contributed by atoms with E-state index in [1.54, 1.807) is 12.3 Å². The fourth-order valence-electron chi connectivity index (χ4n) is 1.75. The van der Waals surface area contributed by atoms with Crippen LogP contribution in [0.1, 0.15) is 5.69 Å². The third-order valence-corrected chi connectivity index (χ3v) is 2.39. The summed E-state index contributed by atoms with van der Waals surface area (Å²) in [6.45, 7) is 0. The van der Waals surface area contributed by atoms with Crippen LogP contribution in [0.4, 0.5) is 0 Å². The Morgan fingerprint density at radius 1 is 1.13 bits per heavy atom. The summed E-state index contributed by atoms with van der Waals surface area (Å²) < 4.78 is 5.60. The van der Waals surface area contributed by atoms with Crippen molar-refractivity contribution in [2.75, 3.05) is 0 Å². The number of nitriles is 1. The molecule has 3 rings (SSSR count). The molecule has 0 radical (unpaired) electrons. The fourth-order valence-corrected chi connectivity index (χ4v) is 1.75. The Morgan fingerprint density at radius 2 is 2.00 bits per heavy atom. The van der Waals surface area contributed by atoms with Gasteiger partial charge in [0.25, 0.3) is 0 Å². The van der Waals surface area contributed by atoms with Crippen molar-refractivity contribution in [3.63, 3.8) is 0 Å². The molecule has 3 nitrogen and oxygen atoms in total. The van der Waals surface area contributed by atoms with E-state index in [4.69, 9.17) is 9.68 Å². The Kier molecular flexibility index (Phi) is 1.51. The van der Waals surface area contributed by atoms with E-state index in [0.717, 1.165) is 16.4 Å². The summed E-state index contributed by atoms with van der Waals surface area (Å²) in [5.41, 5.74) is 1.91. The van der Waals surface area contributed by atoms with Crippen LogP contribution < -0.4 is 0 Å². The molecule has 0 aliphatic heterocycles. The molecule has 2 heterocycles. The van der Waals surface area contributed by atoms with Gasteiger partial charge in [0.05, 0.1) is 5.39 Å². The zero-order valence-electron chi connectivity index (χ0n) is 7.77. The van der Waals surface area contributed by atoms with Gasteiger partial charge in [-0.25, -0.2) is 4.98 Å². The molecule has 0 unspecified atom stereocenters. The van der Waals surface area contributed by atoms with E-state index in [1.165, 1.54) is 0 Å². The van der Waals surface area contributed by atoms with Crippen molar-refractivity contribution >= 4 is 21.9 Å². The highest BCUT2D eigenvalue weighted by Crippen LogP contribution is 2.29. The van der Waals surface area contributed by atoms with E-state index in [2.05, 4.69) is 11.1 Å². The Balaban J connectivity index is 2.64. The molecule has 0 aliphatic rings. The van der Waals surface area contributed by atoms with Gasteiger partial charge in [-0.15, -0.1) is 0 Å². The number of pyridine rings is 1. The van der Waals surface area contributed by atoms with Crippen molar-refractivity contribution < 1.29 is 4.42 Å². The van der Waals surface area contributed by atoms with E-state index in [-0.39, 0.29) is 0 Å². The van der Waals surface area contributed by atoms with E-state index in [9.17, 15) is 0 Å². The SMILES string of the molecule is N#Cc1nccc2oc3ccccc3c12. The first-order valence-corrected chi connectivity index (χ1v) is 4.56. The second-order valence-corrected chi connectivity index (χ2v) is 3.24. The zero-order chi connectivity index (χ0) is 10.3. The normalized spacial score (nSPS) is 10.6. The number of para-hydroxylation sites is 1. The molecule has 0 spiro atoms. The van der Waals surface area contributed by atoms with Gasteiger partial charge in [0.1, 0.15) is 17.2 Å². The van der Waals surface area contributed by atoms with Gasteiger partial charge in [-0.2, -0.15) is 5.26 Å². The largest absolute Gasteiger partial charge is 0.456 e. The van der Waals surface area contributed by atoms with Gasteiger partial charge in [0.2, 0.25) is 0 Å². The van der Waals surface area contributed by atoms with Crippen LogP contribution >= 0.6 is 0 Å². The average Bonchev–Trinajstić information content (AvgIpc) is 2.67. The zero-order valence-corrected chi connectivity index (χ0v) is 7.77. The molecule has 3 aromatic rings. The lowest BCUT2D eigenvalue weighted by atomic mass is 10.1. The van der Waals surface area contributed by atoms with Crippen molar-refractivity contribution in [3.05, 3.63) is 42.2 Å². The summed E-state index contributed by atoms with van der Waals surface area (Å²) in [5.74, 6) is 0. The summed E-state index contributed by atoms with van der Waals surface area (Å²) >= 11 is 0. The van der Waals surface area contributed by atoms with Crippen LogP contribution in [0.15, 0.2) is 40.9 Å². The Bertz CT molecular complexity index is 691. The molecule has 70 valence electrons. The molecule has 15 heavy (non-hydrogen) atoms. The number of aromatic nitrogens is 1. The number of nitrogens with zero attached hydrogens (tertiary/aromatic N) is 2. The van der Waals surface area contributed by atoms with E-state index in [0.29, 0.717) is 11.3 Å². The maximum atomic E-state index is 8.96. The number of hydrogen-bond donors (Lipinski definition) is 0. The maximum Gasteiger partial charge on any atom is 0.152 e. The average molecular weight is 194 g/mol. The van der Waals surface area contributed by atoms with Gasteiger partial charge in [-0.05, 0) is 12.1 Å². The lowest BCUT2D eigenvalue weighted by Crippen LogP contribution is -1.80. The highest BCUT2D eigenvalue weighted by atomic mass is 16.3. The van der Waals surface area contributed by atoms with Crippen LogP contribution in [0.5, 0.6) is 0 Å². The van der Waals surface area contributed by atoms with Crippen LogP contribution in [-0.2, 0) is 0 Å².